The highest BCUT2D eigenvalue weighted by Gasteiger charge is 2.34. The maximum absolute atomic E-state index is 12.4. The number of hydrogen-bond donors (Lipinski definition) is 3. The van der Waals surface area contributed by atoms with Gasteiger partial charge in [0.25, 0.3) is 0 Å². The standard InChI is InChI=1S/C26H46N2O10S3/c1-3-26(18-36-21(29)4-13-39,19-37-24(32)7-16-40-14-5-22(30)34-11-9-27)20-38-25(33)8-17-41-15-6-23(31)35-12-10-28-2/h28,39H,3-20,27H2,1-2H3. The summed E-state index contributed by atoms with van der Waals surface area (Å²) < 4.78 is 26.2. The number of carbonyl (C=O) groups is 5. The zero-order valence-corrected chi connectivity index (χ0v) is 26.7. The third kappa shape index (κ3) is 22.6. The molecule has 238 valence electrons. The van der Waals surface area contributed by atoms with Crippen LogP contribution < -0.4 is 11.1 Å². The first-order chi connectivity index (χ1) is 19.7. The van der Waals surface area contributed by atoms with Crippen LogP contribution in [-0.2, 0) is 47.7 Å². The molecule has 0 aromatic heterocycles. The highest BCUT2D eigenvalue weighted by Crippen LogP contribution is 2.25. The first-order valence-corrected chi connectivity index (χ1v) is 16.5. The summed E-state index contributed by atoms with van der Waals surface area (Å²) in [5.41, 5.74) is 4.39. The number of thioether (sulfide) groups is 2. The summed E-state index contributed by atoms with van der Waals surface area (Å²) in [7, 11) is 1.77. The fourth-order valence-electron chi connectivity index (χ4n) is 2.85. The maximum Gasteiger partial charge on any atom is 0.306 e. The van der Waals surface area contributed by atoms with Crippen LogP contribution in [-0.4, -0.2) is 112 Å². The fraction of sp³-hybridized carbons (Fsp3) is 0.808. The van der Waals surface area contributed by atoms with Crippen molar-refractivity contribution < 1.29 is 47.7 Å². The first kappa shape index (κ1) is 39.3. The molecule has 15 heteroatoms. The van der Waals surface area contributed by atoms with E-state index in [0.717, 1.165) is 0 Å². The second kappa shape index (κ2) is 26.0. The van der Waals surface area contributed by atoms with Crippen LogP contribution in [0.25, 0.3) is 0 Å². The lowest BCUT2D eigenvalue weighted by atomic mass is 9.88. The monoisotopic (exact) mass is 642 g/mol. The molecule has 0 fully saturated rings. The van der Waals surface area contributed by atoms with E-state index in [1.165, 1.54) is 23.5 Å². The molecule has 0 saturated heterocycles. The van der Waals surface area contributed by atoms with Crippen molar-refractivity contribution in [3.8, 4) is 0 Å². The number of rotatable bonds is 26. The lowest BCUT2D eigenvalue weighted by Crippen LogP contribution is -2.39. The van der Waals surface area contributed by atoms with Crippen LogP contribution in [0, 0.1) is 5.41 Å². The molecule has 41 heavy (non-hydrogen) atoms. The van der Waals surface area contributed by atoms with Crippen LogP contribution in [0.15, 0.2) is 0 Å². The number of ether oxygens (including phenoxy) is 5. The summed E-state index contributed by atoms with van der Waals surface area (Å²) in [4.78, 5) is 59.7. The van der Waals surface area contributed by atoms with E-state index in [1.807, 2.05) is 6.92 Å². The van der Waals surface area contributed by atoms with E-state index in [-0.39, 0.29) is 77.0 Å². The average molecular weight is 643 g/mol. The minimum Gasteiger partial charge on any atom is -0.465 e. The molecule has 0 radical (unpaired) electrons. The van der Waals surface area contributed by atoms with Crippen molar-refractivity contribution in [1.82, 2.24) is 5.32 Å². The predicted octanol–water partition coefficient (Wildman–Crippen LogP) is 1.62. The van der Waals surface area contributed by atoms with E-state index in [4.69, 9.17) is 29.4 Å². The van der Waals surface area contributed by atoms with Crippen molar-refractivity contribution in [2.24, 2.45) is 11.1 Å². The Labute approximate surface area is 257 Å². The van der Waals surface area contributed by atoms with Crippen LogP contribution in [0.4, 0.5) is 0 Å². The number of hydrogen-bond acceptors (Lipinski definition) is 15. The van der Waals surface area contributed by atoms with Gasteiger partial charge in [0.15, 0.2) is 0 Å². The quantitative estimate of drug-likeness (QED) is 0.0538. The molecule has 12 nitrogen and oxygen atoms in total. The molecule has 0 aliphatic heterocycles. The maximum atomic E-state index is 12.4. The lowest BCUT2D eigenvalue weighted by molar-refractivity contribution is -0.162. The van der Waals surface area contributed by atoms with Crippen LogP contribution in [0.2, 0.25) is 0 Å². The Bertz CT molecular complexity index is 776. The fourth-order valence-corrected chi connectivity index (χ4v) is 4.68. The van der Waals surface area contributed by atoms with E-state index < -0.39 is 23.3 Å². The molecule has 1 unspecified atom stereocenters. The number of nitrogens with two attached hydrogens (primary N) is 1. The number of nitrogens with one attached hydrogen (secondary N) is 1. The highest BCUT2D eigenvalue weighted by molar-refractivity contribution is 7.99. The van der Waals surface area contributed by atoms with E-state index in [1.54, 1.807) is 7.05 Å². The zero-order valence-electron chi connectivity index (χ0n) is 24.2. The van der Waals surface area contributed by atoms with E-state index >= 15 is 0 Å². The van der Waals surface area contributed by atoms with Crippen molar-refractivity contribution in [2.75, 3.05) is 81.9 Å². The Morgan fingerprint density at radius 1 is 0.683 bits per heavy atom. The van der Waals surface area contributed by atoms with Crippen LogP contribution >= 0.6 is 36.2 Å². The average Bonchev–Trinajstić information content (AvgIpc) is 2.95. The lowest BCUT2D eigenvalue weighted by Gasteiger charge is -2.31. The smallest absolute Gasteiger partial charge is 0.306 e. The summed E-state index contributed by atoms with van der Waals surface area (Å²) in [6.45, 7) is 2.93. The van der Waals surface area contributed by atoms with Crippen molar-refractivity contribution in [1.29, 1.82) is 0 Å². The van der Waals surface area contributed by atoms with Gasteiger partial charge < -0.3 is 34.7 Å². The highest BCUT2D eigenvalue weighted by atomic mass is 32.2. The molecular weight excluding hydrogens is 596 g/mol. The molecule has 0 rings (SSSR count). The van der Waals surface area contributed by atoms with Gasteiger partial charge in [0.05, 0.1) is 37.5 Å². The summed E-state index contributed by atoms with van der Waals surface area (Å²) in [5.74, 6) is 0.328. The molecular formula is C26H46N2O10S3. The molecule has 0 amide bonds. The second-order valence-corrected chi connectivity index (χ2v) is 11.8. The van der Waals surface area contributed by atoms with Gasteiger partial charge in [0, 0.05) is 41.9 Å². The number of thiol groups is 1. The predicted molar refractivity (Wildman–Crippen MR) is 162 cm³/mol. The second-order valence-electron chi connectivity index (χ2n) is 8.87. The minimum atomic E-state index is -0.901. The third-order valence-electron chi connectivity index (χ3n) is 5.48. The van der Waals surface area contributed by atoms with Crippen LogP contribution in [0.3, 0.4) is 0 Å². The number of carbonyl (C=O) groups excluding carboxylic acids is 5. The Morgan fingerprint density at radius 3 is 1.44 bits per heavy atom. The topological polar surface area (TPSA) is 170 Å². The van der Waals surface area contributed by atoms with Gasteiger partial charge >= 0.3 is 29.8 Å². The normalized spacial score (nSPS) is 12.2. The Morgan fingerprint density at radius 2 is 1.07 bits per heavy atom. The van der Waals surface area contributed by atoms with E-state index in [0.29, 0.717) is 48.3 Å². The summed E-state index contributed by atoms with van der Waals surface area (Å²) in [6, 6.07) is 0. The van der Waals surface area contributed by atoms with Gasteiger partial charge in [0.2, 0.25) is 0 Å². The minimum absolute atomic E-state index is 0.0826. The molecule has 3 N–H and O–H groups in total. The molecule has 1 atom stereocenters. The molecule has 0 saturated carbocycles. The number of esters is 5. The van der Waals surface area contributed by atoms with Gasteiger partial charge in [-0.1, -0.05) is 6.92 Å². The summed E-state index contributed by atoms with van der Waals surface area (Å²) >= 11 is 6.90. The Balaban J connectivity index is 4.60. The van der Waals surface area contributed by atoms with E-state index in [9.17, 15) is 24.0 Å². The van der Waals surface area contributed by atoms with Crippen LogP contribution in [0.5, 0.6) is 0 Å². The molecule has 0 aliphatic carbocycles. The van der Waals surface area contributed by atoms with Crippen molar-refractivity contribution in [3.05, 3.63) is 0 Å². The molecule has 0 aliphatic rings. The molecule has 0 bridgehead atoms. The Hall–Kier alpha value is -1.68. The van der Waals surface area contributed by atoms with Gasteiger partial charge in [0.1, 0.15) is 33.0 Å². The van der Waals surface area contributed by atoms with Gasteiger partial charge in [-0.3, -0.25) is 24.0 Å². The van der Waals surface area contributed by atoms with Gasteiger partial charge in [-0.25, -0.2) is 0 Å². The largest absolute Gasteiger partial charge is 0.465 e. The van der Waals surface area contributed by atoms with Crippen molar-refractivity contribution in [3.63, 3.8) is 0 Å². The van der Waals surface area contributed by atoms with Crippen LogP contribution in [0.1, 0.15) is 45.4 Å². The molecule has 0 aromatic carbocycles. The number of likely N-dealkylation sites (N-methyl/N-ethyl adjacent to an activating group) is 1. The molecule has 0 spiro atoms. The summed E-state index contributed by atoms with van der Waals surface area (Å²) in [6.07, 6.45) is 1.29. The first-order valence-electron chi connectivity index (χ1n) is 13.6. The van der Waals surface area contributed by atoms with Gasteiger partial charge in [-0.05, 0) is 13.5 Å². The summed E-state index contributed by atoms with van der Waals surface area (Å²) in [5, 5.41) is 2.89. The zero-order chi connectivity index (χ0) is 30.8. The van der Waals surface area contributed by atoms with E-state index in [2.05, 4.69) is 17.9 Å². The van der Waals surface area contributed by atoms with Crippen molar-refractivity contribution >= 4 is 66.0 Å². The molecule has 0 aromatic rings. The SMILES string of the molecule is CCC(COC(=O)CCS)(COC(=O)CCSCCC(=O)OCCN)COC(=O)CCSCCC(=O)OCCNC. The van der Waals surface area contributed by atoms with Crippen molar-refractivity contribution in [2.45, 2.75) is 45.4 Å². The van der Waals surface area contributed by atoms with Gasteiger partial charge in [-0.15, -0.1) is 0 Å². The Kier molecular flexibility index (Phi) is 24.9. The van der Waals surface area contributed by atoms with Gasteiger partial charge in [-0.2, -0.15) is 36.2 Å². The third-order valence-corrected chi connectivity index (χ3v) is 7.68. The molecule has 0 heterocycles.